The van der Waals surface area contributed by atoms with Gasteiger partial charge in [-0.05, 0) is 38.9 Å². The molecule has 2 aromatic heterocycles. The Balaban J connectivity index is 0.00000144. The molecule has 6 nitrogen and oxygen atoms in total. The fraction of sp³-hybridized carbons (Fsp3) is 0.500. The van der Waals surface area contributed by atoms with Gasteiger partial charge in [0, 0.05) is 19.1 Å². The number of carbonyl (C=O) groups is 1. The molecular formula is C16H23Cl2N3O3. The highest BCUT2D eigenvalue weighted by atomic mass is 35.5. The van der Waals surface area contributed by atoms with Crippen LogP contribution in [0, 0.1) is 6.92 Å². The minimum absolute atomic E-state index is 0. The maximum absolute atomic E-state index is 12.4. The quantitative estimate of drug-likeness (QED) is 0.889. The first-order chi connectivity index (χ1) is 10.7. The fourth-order valence-corrected chi connectivity index (χ4v) is 2.77. The summed E-state index contributed by atoms with van der Waals surface area (Å²) in [5.74, 6) is 1.79. The van der Waals surface area contributed by atoms with Gasteiger partial charge in [-0.3, -0.25) is 4.79 Å². The van der Waals surface area contributed by atoms with Crippen LogP contribution in [-0.2, 0) is 11.2 Å². The first-order valence-electron chi connectivity index (χ1n) is 7.62. The first kappa shape index (κ1) is 20.5. The van der Waals surface area contributed by atoms with Gasteiger partial charge >= 0.3 is 0 Å². The first-order valence-corrected chi connectivity index (χ1v) is 7.62. The molecule has 134 valence electrons. The molecule has 0 spiro atoms. The van der Waals surface area contributed by atoms with Gasteiger partial charge in [-0.2, -0.15) is 0 Å². The average molecular weight is 376 g/mol. The van der Waals surface area contributed by atoms with Gasteiger partial charge in [0.25, 0.3) is 5.89 Å². The molecule has 1 N–H and O–H groups in total. The van der Waals surface area contributed by atoms with E-state index in [4.69, 9.17) is 8.83 Å². The predicted octanol–water partition coefficient (Wildman–Crippen LogP) is 2.84. The molecule has 0 atom stereocenters. The van der Waals surface area contributed by atoms with E-state index in [1.807, 2.05) is 18.9 Å². The van der Waals surface area contributed by atoms with Gasteiger partial charge < -0.3 is 19.1 Å². The molecule has 3 rings (SSSR count). The highest BCUT2D eigenvalue weighted by molar-refractivity contribution is 5.85. The van der Waals surface area contributed by atoms with Crippen molar-refractivity contribution in [2.75, 3.05) is 20.1 Å². The number of hydrogen-bond donors (Lipinski definition) is 1. The van der Waals surface area contributed by atoms with Crippen LogP contribution in [0.2, 0.25) is 0 Å². The summed E-state index contributed by atoms with van der Waals surface area (Å²) in [6, 6.07) is 4.09. The number of furan rings is 1. The summed E-state index contributed by atoms with van der Waals surface area (Å²) < 4.78 is 10.9. The lowest BCUT2D eigenvalue weighted by molar-refractivity contribution is -0.131. The standard InChI is InChI=1S/C16H21N3O3.2ClH/c1-11-13(18-16(22-11)14-4-3-9-21-14)10-15(20)19-7-5-12(17-2)6-8-19;;/h3-4,9,12,17H,5-8,10H2,1-2H3;2*1H. The number of rotatable bonds is 4. The lowest BCUT2D eigenvalue weighted by atomic mass is 10.0. The van der Waals surface area contributed by atoms with Crippen LogP contribution in [0.3, 0.4) is 0 Å². The molecule has 1 amide bonds. The Morgan fingerprint density at radius 2 is 2.08 bits per heavy atom. The summed E-state index contributed by atoms with van der Waals surface area (Å²) in [4.78, 5) is 18.7. The van der Waals surface area contributed by atoms with E-state index in [-0.39, 0.29) is 37.1 Å². The zero-order valence-corrected chi connectivity index (χ0v) is 15.4. The van der Waals surface area contributed by atoms with Crippen LogP contribution in [0.4, 0.5) is 0 Å². The monoisotopic (exact) mass is 375 g/mol. The molecule has 2 aromatic rings. The van der Waals surface area contributed by atoms with E-state index in [0.29, 0.717) is 29.1 Å². The van der Waals surface area contributed by atoms with Crippen LogP contribution in [0.5, 0.6) is 0 Å². The number of carbonyl (C=O) groups excluding carboxylic acids is 1. The molecule has 1 aliphatic heterocycles. The van der Waals surface area contributed by atoms with Crippen LogP contribution in [-0.4, -0.2) is 42.0 Å². The molecule has 24 heavy (non-hydrogen) atoms. The number of nitrogens with one attached hydrogen (secondary N) is 1. The molecule has 1 aliphatic rings. The maximum atomic E-state index is 12.4. The molecule has 0 saturated carbocycles. The predicted molar refractivity (Wildman–Crippen MR) is 95.8 cm³/mol. The summed E-state index contributed by atoms with van der Waals surface area (Å²) in [7, 11) is 1.97. The van der Waals surface area contributed by atoms with Crippen LogP contribution in [0.1, 0.15) is 24.3 Å². The number of piperidine rings is 1. The summed E-state index contributed by atoms with van der Waals surface area (Å²) in [5.41, 5.74) is 0.687. The summed E-state index contributed by atoms with van der Waals surface area (Å²) in [5, 5.41) is 3.27. The smallest absolute Gasteiger partial charge is 0.263 e. The van der Waals surface area contributed by atoms with Crippen molar-refractivity contribution in [3.8, 4) is 11.7 Å². The minimum atomic E-state index is 0. The van der Waals surface area contributed by atoms with E-state index in [9.17, 15) is 4.79 Å². The number of likely N-dealkylation sites (tertiary alicyclic amines) is 1. The van der Waals surface area contributed by atoms with E-state index >= 15 is 0 Å². The second kappa shape index (κ2) is 9.11. The molecule has 0 bridgehead atoms. The molecule has 3 heterocycles. The van der Waals surface area contributed by atoms with Crippen molar-refractivity contribution in [1.29, 1.82) is 0 Å². The van der Waals surface area contributed by atoms with Crippen molar-refractivity contribution in [3.63, 3.8) is 0 Å². The molecule has 0 radical (unpaired) electrons. The van der Waals surface area contributed by atoms with Crippen molar-refractivity contribution in [2.24, 2.45) is 0 Å². The summed E-state index contributed by atoms with van der Waals surface area (Å²) in [6.07, 6.45) is 3.85. The average Bonchev–Trinajstić information content (AvgIpc) is 3.18. The molecule has 0 aliphatic carbocycles. The van der Waals surface area contributed by atoms with E-state index in [1.54, 1.807) is 18.4 Å². The van der Waals surface area contributed by atoms with Gasteiger partial charge in [-0.25, -0.2) is 4.98 Å². The SMILES string of the molecule is CNC1CCN(C(=O)Cc2nc(-c3ccco3)oc2C)CC1.Cl.Cl. The van der Waals surface area contributed by atoms with Crippen LogP contribution in [0.15, 0.2) is 27.2 Å². The number of halogens is 2. The van der Waals surface area contributed by atoms with Gasteiger partial charge in [-0.1, -0.05) is 0 Å². The van der Waals surface area contributed by atoms with Gasteiger partial charge in [-0.15, -0.1) is 24.8 Å². The van der Waals surface area contributed by atoms with Crippen molar-refractivity contribution in [2.45, 2.75) is 32.2 Å². The second-order valence-electron chi connectivity index (χ2n) is 5.62. The fourth-order valence-electron chi connectivity index (χ4n) is 2.77. The third kappa shape index (κ3) is 4.53. The topological polar surface area (TPSA) is 71.5 Å². The second-order valence-corrected chi connectivity index (χ2v) is 5.62. The highest BCUT2D eigenvalue weighted by Gasteiger charge is 2.24. The van der Waals surface area contributed by atoms with Gasteiger partial charge in [0.05, 0.1) is 18.4 Å². The molecule has 0 aromatic carbocycles. The summed E-state index contributed by atoms with van der Waals surface area (Å²) >= 11 is 0. The van der Waals surface area contributed by atoms with Crippen LogP contribution >= 0.6 is 24.8 Å². The third-order valence-electron chi connectivity index (χ3n) is 4.20. The van der Waals surface area contributed by atoms with Crippen LogP contribution in [0.25, 0.3) is 11.7 Å². The molecule has 1 fully saturated rings. The lowest BCUT2D eigenvalue weighted by Gasteiger charge is -2.31. The number of aryl methyl sites for hydroxylation is 1. The maximum Gasteiger partial charge on any atom is 0.263 e. The number of oxazole rings is 1. The molecule has 8 heteroatoms. The van der Waals surface area contributed by atoms with Crippen molar-refractivity contribution in [1.82, 2.24) is 15.2 Å². The Labute approximate surface area is 153 Å². The van der Waals surface area contributed by atoms with Crippen molar-refractivity contribution < 1.29 is 13.6 Å². The minimum Gasteiger partial charge on any atom is -0.459 e. The number of nitrogens with zero attached hydrogens (tertiary/aromatic N) is 2. The Morgan fingerprint density at radius 1 is 1.38 bits per heavy atom. The Bertz CT molecular complexity index is 635. The number of hydrogen-bond acceptors (Lipinski definition) is 5. The highest BCUT2D eigenvalue weighted by Crippen LogP contribution is 2.23. The number of amides is 1. The third-order valence-corrected chi connectivity index (χ3v) is 4.20. The summed E-state index contributed by atoms with van der Waals surface area (Å²) in [6.45, 7) is 3.42. The van der Waals surface area contributed by atoms with Crippen LogP contribution < -0.4 is 5.32 Å². The largest absolute Gasteiger partial charge is 0.459 e. The van der Waals surface area contributed by atoms with E-state index in [2.05, 4.69) is 10.3 Å². The normalized spacial score (nSPS) is 14.8. The van der Waals surface area contributed by atoms with Crippen molar-refractivity contribution in [3.05, 3.63) is 29.9 Å². The van der Waals surface area contributed by atoms with E-state index in [0.717, 1.165) is 25.9 Å². The van der Waals surface area contributed by atoms with Gasteiger partial charge in [0.2, 0.25) is 5.91 Å². The van der Waals surface area contributed by atoms with E-state index in [1.165, 1.54) is 0 Å². The van der Waals surface area contributed by atoms with E-state index < -0.39 is 0 Å². The Hall–Kier alpha value is -1.50. The zero-order chi connectivity index (χ0) is 15.5. The zero-order valence-electron chi connectivity index (χ0n) is 13.8. The van der Waals surface area contributed by atoms with Gasteiger partial charge in [0.1, 0.15) is 5.76 Å². The Kier molecular flexibility index (Phi) is 7.79. The molecule has 1 saturated heterocycles. The molecule has 0 unspecified atom stereocenters. The van der Waals surface area contributed by atoms with Crippen molar-refractivity contribution >= 4 is 30.7 Å². The number of aromatic nitrogens is 1. The Morgan fingerprint density at radius 3 is 2.67 bits per heavy atom. The van der Waals surface area contributed by atoms with Gasteiger partial charge in [0.15, 0.2) is 5.76 Å². The lowest BCUT2D eigenvalue weighted by Crippen LogP contribution is -2.44. The molecular weight excluding hydrogens is 353 g/mol.